The summed E-state index contributed by atoms with van der Waals surface area (Å²) in [7, 11) is -3.93. The zero-order chi connectivity index (χ0) is 15.2. The number of halogens is 1. The zero-order valence-electron chi connectivity index (χ0n) is 11.2. The lowest BCUT2D eigenvalue weighted by molar-refractivity contribution is 0.0768. The zero-order valence-corrected chi connectivity index (χ0v) is 12.1. The van der Waals surface area contributed by atoms with Crippen molar-refractivity contribution in [1.29, 1.82) is 5.26 Å². The van der Waals surface area contributed by atoms with Crippen LogP contribution >= 0.6 is 0 Å². The number of rotatable bonds is 2. The molecule has 0 amide bonds. The average Bonchev–Trinajstić information content (AvgIpc) is 2.72. The van der Waals surface area contributed by atoms with Crippen LogP contribution in [0.25, 0.3) is 0 Å². The first-order valence-corrected chi connectivity index (χ1v) is 8.29. The standard InChI is InChI=1S/C14H15FN2O3S/c15-13-2-1-3-14(12(13)8-16)21(19,20)17-9-4-5-10(17)7-11(18)6-9/h1-3,9-11,18H,4-7H2. The van der Waals surface area contributed by atoms with Crippen molar-refractivity contribution >= 4 is 10.0 Å². The number of nitriles is 1. The number of aliphatic hydroxyl groups is 1. The quantitative estimate of drug-likeness (QED) is 0.894. The lowest BCUT2D eigenvalue weighted by atomic mass is 10.0. The summed E-state index contributed by atoms with van der Waals surface area (Å²) in [5.74, 6) is -0.831. The summed E-state index contributed by atoms with van der Waals surface area (Å²) in [6, 6.07) is 4.74. The van der Waals surface area contributed by atoms with Crippen molar-refractivity contribution in [2.75, 3.05) is 0 Å². The van der Waals surface area contributed by atoms with Gasteiger partial charge in [0.1, 0.15) is 22.3 Å². The lowest BCUT2D eigenvalue weighted by Gasteiger charge is -2.36. The van der Waals surface area contributed by atoms with Gasteiger partial charge in [-0.3, -0.25) is 0 Å². The molecule has 2 fully saturated rings. The van der Waals surface area contributed by atoms with Crippen LogP contribution in [-0.2, 0) is 10.0 Å². The second-order valence-electron chi connectivity index (χ2n) is 5.57. The lowest BCUT2D eigenvalue weighted by Crippen LogP contribution is -2.48. The number of hydrogen-bond acceptors (Lipinski definition) is 4. The van der Waals surface area contributed by atoms with E-state index in [1.54, 1.807) is 6.07 Å². The fraction of sp³-hybridized carbons (Fsp3) is 0.500. The molecule has 2 aliphatic rings. The minimum absolute atomic E-state index is 0.265. The molecule has 2 heterocycles. The van der Waals surface area contributed by atoms with Gasteiger partial charge in [-0.15, -0.1) is 0 Å². The molecule has 2 saturated heterocycles. The Balaban J connectivity index is 2.07. The first kappa shape index (κ1) is 14.4. The molecule has 112 valence electrons. The molecule has 3 rings (SSSR count). The van der Waals surface area contributed by atoms with Crippen LogP contribution in [0.15, 0.2) is 23.1 Å². The molecule has 5 nitrogen and oxygen atoms in total. The van der Waals surface area contributed by atoms with E-state index in [4.69, 9.17) is 5.26 Å². The van der Waals surface area contributed by atoms with Crippen LogP contribution in [0.5, 0.6) is 0 Å². The highest BCUT2D eigenvalue weighted by atomic mass is 32.2. The molecule has 0 aliphatic carbocycles. The first-order valence-electron chi connectivity index (χ1n) is 6.85. The molecule has 7 heteroatoms. The van der Waals surface area contributed by atoms with Crippen molar-refractivity contribution < 1.29 is 17.9 Å². The van der Waals surface area contributed by atoms with Gasteiger partial charge in [0.2, 0.25) is 10.0 Å². The Labute approximate surface area is 122 Å². The third-order valence-electron chi connectivity index (χ3n) is 4.28. The fourth-order valence-corrected chi connectivity index (χ4v) is 5.49. The molecular formula is C14H15FN2O3S. The molecule has 1 N–H and O–H groups in total. The Morgan fingerprint density at radius 1 is 1.29 bits per heavy atom. The second-order valence-corrected chi connectivity index (χ2v) is 7.38. The number of aliphatic hydroxyl groups excluding tert-OH is 1. The van der Waals surface area contributed by atoms with Crippen LogP contribution in [0.2, 0.25) is 0 Å². The van der Waals surface area contributed by atoms with Gasteiger partial charge in [-0.05, 0) is 37.8 Å². The molecule has 1 aromatic rings. The Morgan fingerprint density at radius 3 is 2.48 bits per heavy atom. The highest BCUT2D eigenvalue weighted by Gasteiger charge is 2.47. The van der Waals surface area contributed by atoms with Gasteiger partial charge >= 0.3 is 0 Å². The molecule has 0 radical (unpaired) electrons. The van der Waals surface area contributed by atoms with Gasteiger partial charge in [-0.25, -0.2) is 12.8 Å². The maximum Gasteiger partial charge on any atom is 0.245 e. The first-order chi connectivity index (χ1) is 9.95. The van der Waals surface area contributed by atoms with E-state index < -0.39 is 27.5 Å². The third-order valence-corrected chi connectivity index (χ3v) is 6.33. The molecule has 0 aromatic heterocycles. The van der Waals surface area contributed by atoms with Crippen LogP contribution in [0, 0.1) is 17.1 Å². The second kappa shape index (κ2) is 5.05. The summed E-state index contributed by atoms with van der Waals surface area (Å²) in [5.41, 5.74) is -0.442. The maximum atomic E-state index is 13.7. The van der Waals surface area contributed by atoms with E-state index >= 15 is 0 Å². The predicted octanol–water partition coefficient (Wildman–Crippen LogP) is 1.37. The number of sulfonamides is 1. The minimum atomic E-state index is -3.93. The van der Waals surface area contributed by atoms with Crippen molar-refractivity contribution in [3.8, 4) is 6.07 Å². The fourth-order valence-electron chi connectivity index (χ4n) is 3.44. The van der Waals surface area contributed by atoms with Gasteiger partial charge in [-0.1, -0.05) is 6.07 Å². The summed E-state index contributed by atoms with van der Waals surface area (Å²) in [6.07, 6.45) is 1.69. The van der Waals surface area contributed by atoms with E-state index in [1.165, 1.54) is 16.4 Å². The average molecular weight is 310 g/mol. The Bertz CT molecular complexity index is 699. The maximum absolute atomic E-state index is 13.7. The predicted molar refractivity (Wildman–Crippen MR) is 72.2 cm³/mol. The number of benzene rings is 1. The summed E-state index contributed by atoms with van der Waals surface area (Å²) in [5, 5.41) is 18.8. The summed E-state index contributed by atoms with van der Waals surface area (Å²) in [4.78, 5) is -0.279. The molecule has 0 saturated carbocycles. The van der Waals surface area contributed by atoms with E-state index in [1.807, 2.05) is 0 Å². The normalized spacial score (nSPS) is 29.3. The monoisotopic (exact) mass is 310 g/mol. The number of piperidine rings is 1. The SMILES string of the molecule is N#Cc1c(F)cccc1S(=O)(=O)N1C2CCC1CC(O)C2. The van der Waals surface area contributed by atoms with Crippen LogP contribution in [0.1, 0.15) is 31.2 Å². The molecule has 2 unspecified atom stereocenters. The minimum Gasteiger partial charge on any atom is -0.393 e. The molecular weight excluding hydrogens is 295 g/mol. The number of fused-ring (bicyclic) bond motifs is 2. The Morgan fingerprint density at radius 2 is 1.90 bits per heavy atom. The molecule has 1 aromatic carbocycles. The van der Waals surface area contributed by atoms with Gasteiger partial charge in [0.15, 0.2) is 0 Å². The van der Waals surface area contributed by atoms with Crippen LogP contribution in [-0.4, -0.2) is 36.0 Å². The molecule has 2 bridgehead atoms. The van der Waals surface area contributed by atoms with Crippen molar-refractivity contribution in [2.45, 2.75) is 48.8 Å². The topological polar surface area (TPSA) is 81.4 Å². The van der Waals surface area contributed by atoms with Crippen molar-refractivity contribution in [1.82, 2.24) is 4.31 Å². The highest BCUT2D eigenvalue weighted by molar-refractivity contribution is 7.89. The summed E-state index contributed by atoms with van der Waals surface area (Å²) < 4.78 is 40.7. The Kier molecular flexibility index (Phi) is 3.48. The highest BCUT2D eigenvalue weighted by Crippen LogP contribution is 2.40. The van der Waals surface area contributed by atoms with Crippen LogP contribution in [0.4, 0.5) is 4.39 Å². The van der Waals surface area contributed by atoms with Crippen LogP contribution < -0.4 is 0 Å². The van der Waals surface area contributed by atoms with E-state index in [9.17, 15) is 17.9 Å². The molecule has 2 aliphatic heterocycles. The summed E-state index contributed by atoms with van der Waals surface area (Å²) >= 11 is 0. The molecule has 2 atom stereocenters. The Hall–Kier alpha value is -1.49. The van der Waals surface area contributed by atoms with Gasteiger partial charge in [0.05, 0.1) is 6.10 Å². The van der Waals surface area contributed by atoms with Crippen molar-refractivity contribution in [3.05, 3.63) is 29.6 Å². The number of hydrogen-bond donors (Lipinski definition) is 1. The van der Waals surface area contributed by atoms with E-state index in [-0.39, 0.29) is 17.0 Å². The van der Waals surface area contributed by atoms with Crippen molar-refractivity contribution in [3.63, 3.8) is 0 Å². The molecule has 0 spiro atoms. The molecule has 21 heavy (non-hydrogen) atoms. The summed E-state index contributed by atoms with van der Waals surface area (Å²) in [6.45, 7) is 0. The number of nitrogens with zero attached hydrogens (tertiary/aromatic N) is 2. The van der Waals surface area contributed by atoms with E-state index in [0.29, 0.717) is 25.7 Å². The van der Waals surface area contributed by atoms with Crippen molar-refractivity contribution in [2.24, 2.45) is 0 Å². The third kappa shape index (κ3) is 2.24. The van der Waals surface area contributed by atoms with Gasteiger partial charge in [0, 0.05) is 12.1 Å². The van der Waals surface area contributed by atoms with Crippen LogP contribution in [0.3, 0.4) is 0 Å². The van der Waals surface area contributed by atoms with Gasteiger partial charge < -0.3 is 5.11 Å². The van der Waals surface area contributed by atoms with Gasteiger partial charge in [-0.2, -0.15) is 9.57 Å². The largest absolute Gasteiger partial charge is 0.393 e. The van der Waals surface area contributed by atoms with E-state index in [0.717, 1.165) is 6.07 Å². The van der Waals surface area contributed by atoms with E-state index in [2.05, 4.69) is 0 Å². The van der Waals surface area contributed by atoms with Gasteiger partial charge in [0.25, 0.3) is 0 Å². The smallest absolute Gasteiger partial charge is 0.245 e.